The highest BCUT2D eigenvalue weighted by molar-refractivity contribution is 7.99. The molecule has 0 saturated heterocycles. The molecular formula is C22H20N4O2S. The van der Waals surface area contributed by atoms with Gasteiger partial charge in [0, 0.05) is 17.0 Å². The summed E-state index contributed by atoms with van der Waals surface area (Å²) in [7, 11) is 0. The second-order valence-electron chi connectivity index (χ2n) is 7.14. The standard InChI is InChI=1S/C22H20N4O2S/c27-20(23-19-9-3-6-15-5-1-2-8-18(15)19)14-29-22-25-24-21(16-10-11-16)26(22)13-17-7-4-12-28-17/h1-9,12,16H,10-11,13-14H2,(H,23,27). The van der Waals surface area contributed by atoms with Gasteiger partial charge in [0.05, 0.1) is 18.6 Å². The van der Waals surface area contributed by atoms with Gasteiger partial charge in [-0.25, -0.2) is 0 Å². The molecule has 29 heavy (non-hydrogen) atoms. The number of carbonyl (C=O) groups is 1. The molecule has 2 aromatic carbocycles. The summed E-state index contributed by atoms with van der Waals surface area (Å²) in [4.78, 5) is 12.6. The van der Waals surface area contributed by atoms with Crippen molar-refractivity contribution < 1.29 is 9.21 Å². The molecule has 1 amide bonds. The Balaban J connectivity index is 1.30. The molecule has 0 spiro atoms. The number of aromatic nitrogens is 3. The van der Waals surface area contributed by atoms with Crippen LogP contribution in [0, 0.1) is 0 Å². The summed E-state index contributed by atoms with van der Waals surface area (Å²) < 4.78 is 7.57. The normalized spacial score (nSPS) is 13.7. The molecule has 4 aromatic rings. The van der Waals surface area contributed by atoms with Gasteiger partial charge in [-0.3, -0.25) is 9.36 Å². The quantitative estimate of drug-likeness (QED) is 0.453. The van der Waals surface area contributed by atoms with Crippen LogP contribution >= 0.6 is 11.8 Å². The van der Waals surface area contributed by atoms with Gasteiger partial charge in [0.25, 0.3) is 0 Å². The van der Waals surface area contributed by atoms with Gasteiger partial charge < -0.3 is 9.73 Å². The minimum Gasteiger partial charge on any atom is -0.467 e. The number of hydrogen-bond donors (Lipinski definition) is 1. The molecule has 2 heterocycles. The van der Waals surface area contributed by atoms with Crippen molar-refractivity contribution >= 4 is 34.1 Å². The van der Waals surface area contributed by atoms with Gasteiger partial charge in [-0.2, -0.15) is 0 Å². The van der Waals surface area contributed by atoms with Crippen LogP contribution in [0.25, 0.3) is 10.8 Å². The largest absolute Gasteiger partial charge is 0.467 e. The molecule has 5 rings (SSSR count). The Morgan fingerprint density at radius 1 is 1.10 bits per heavy atom. The van der Waals surface area contributed by atoms with Crippen LogP contribution in [0.1, 0.15) is 30.3 Å². The highest BCUT2D eigenvalue weighted by atomic mass is 32.2. The highest BCUT2D eigenvalue weighted by Gasteiger charge is 2.30. The highest BCUT2D eigenvalue weighted by Crippen LogP contribution is 2.40. The molecule has 1 aliphatic carbocycles. The van der Waals surface area contributed by atoms with E-state index in [1.807, 2.05) is 54.6 Å². The maximum Gasteiger partial charge on any atom is 0.234 e. The number of amides is 1. The molecule has 0 aliphatic heterocycles. The predicted octanol–water partition coefficient (Wildman–Crippen LogP) is 4.68. The average molecular weight is 404 g/mol. The van der Waals surface area contributed by atoms with E-state index in [1.54, 1.807) is 6.26 Å². The van der Waals surface area contributed by atoms with Crippen molar-refractivity contribution in [3.05, 3.63) is 72.4 Å². The number of thioether (sulfide) groups is 1. The lowest BCUT2D eigenvalue weighted by molar-refractivity contribution is -0.113. The van der Waals surface area contributed by atoms with E-state index in [9.17, 15) is 4.79 Å². The van der Waals surface area contributed by atoms with Crippen molar-refractivity contribution in [3.8, 4) is 0 Å². The first-order valence-electron chi connectivity index (χ1n) is 9.64. The lowest BCUT2D eigenvalue weighted by Crippen LogP contribution is -2.15. The minimum atomic E-state index is -0.0631. The Bertz CT molecular complexity index is 1140. The number of benzene rings is 2. The zero-order valence-corrected chi connectivity index (χ0v) is 16.6. The van der Waals surface area contributed by atoms with E-state index in [0.29, 0.717) is 12.5 Å². The maximum atomic E-state index is 12.6. The molecule has 6 nitrogen and oxygen atoms in total. The smallest absolute Gasteiger partial charge is 0.234 e. The summed E-state index contributed by atoms with van der Waals surface area (Å²) in [6.07, 6.45) is 3.95. The number of fused-ring (bicyclic) bond motifs is 1. The van der Waals surface area contributed by atoms with Gasteiger partial charge in [0.2, 0.25) is 5.91 Å². The third-order valence-corrected chi connectivity index (χ3v) is 5.94. The number of furan rings is 1. The number of hydrogen-bond acceptors (Lipinski definition) is 5. The Hall–Kier alpha value is -3.06. The minimum absolute atomic E-state index is 0.0631. The van der Waals surface area contributed by atoms with Crippen LogP contribution in [-0.4, -0.2) is 26.4 Å². The number of nitrogens with one attached hydrogen (secondary N) is 1. The number of nitrogens with zero attached hydrogens (tertiary/aromatic N) is 3. The first kappa shape index (κ1) is 18.0. The zero-order valence-electron chi connectivity index (χ0n) is 15.7. The fourth-order valence-corrected chi connectivity index (χ4v) is 4.15. The van der Waals surface area contributed by atoms with Crippen LogP contribution in [0.5, 0.6) is 0 Å². The first-order valence-corrected chi connectivity index (χ1v) is 10.6. The van der Waals surface area contributed by atoms with E-state index in [0.717, 1.165) is 46.0 Å². The van der Waals surface area contributed by atoms with Crippen LogP contribution in [0.4, 0.5) is 5.69 Å². The fraction of sp³-hybridized carbons (Fsp3) is 0.227. The monoisotopic (exact) mass is 404 g/mol. The number of anilines is 1. The van der Waals surface area contributed by atoms with E-state index in [-0.39, 0.29) is 11.7 Å². The topological polar surface area (TPSA) is 73.0 Å². The van der Waals surface area contributed by atoms with Crippen LogP contribution in [-0.2, 0) is 11.3 Å². The van der Waals surface area contributed by atoms with Gasteiger partial charge in [-0.1, -0.05) is 48.2 Å². The summed E-state index contributed by atoms with van der Waals surface area (Å²) >= 11 is 1.40. The van der Waals surface area contributed by atoms with E-state index < -0.39 is 0 Å². The van der Waals surface area contributed by atoms with Crippen LogP contribution in [0.15, 0.2) is 70.4 Å². The molecule has 0 unspecified atom stereocenters. The molecule has 1 saturated carbocycles. The third-order valence-electron chi connectivity index (χ3n) is 4.98. The molecule has 1 fully saturated rings. The van der Waals surface area contributed by atoms with E-state index >= 15 is 0 Å². The second-order valence-corrected chi connectivity index (χ2v) is 8.09. The van der Waals surface area contributed by atoms with Crippen LogP contribution < -0.4 is 5.32 Å². The van der Waals surface area contributed by atoms with Gasteiger partial charge in [-0.15, -0.1) is 10.2 Å². The Kier molecular flexibility index (Phi) is 4.81. The Morgan fingerprint density at radius 3 is 2.79 bits per heavy atom. The average Bonchev–Trinajstić information content (AvgIpc) is 3.30. The molecule has 2 aromatic heterocycles. The maximum absolute atomic E-state index is 12.6. The van der Waals surface area contributed by atoms with Crippen molar-refractivity contribution in [1.29, 1.82) is 0 Å². The third kappa shape index (κ3) is 3.91. The molecule has 7 heteroatoms. The lowest BCUT2D eigenvalue weighted by Gasteiger charge is -2.10. The van der Waals surface area contributed by atoms with Gasteiger partial charge >= 0.3 is 0 Å². The van der Waals surface area contributed by atoms with Gasteiger partial charge in [-0.05, 0) is 36.4 Å². The molecule has 1 aliphatic rings. The van der Waals surface area contributed by atoms with Crippen molar-refractivity contribution in [1.82, 2.24) is 14.8 Å². The second kappa shape index (κ2) is 7.75. The molecule has 146 valence electrons. The van der Waals surface area contributed by atoms with Crippen molar-refractivity contribution in [2.45, 2.75) is 30.5 Å². The molecular weight excluding hydrogens is 384 g/mol. The molecule has 1 N–H and O–H groups in total. The summed E-state index contributed by atoms with van der Waals surface area (Å²) in [6, 6.07) is 17.8. The summed E-state index contributed by atoms with van der Waals surface area (Å²) in [6.45, 7) is 0.582. The van der Waals surface area contributed by atoms with Crippen LogP contribution in [0.2, 0.25) is 0 Å². The van der Waals surface area contributed by atoms with E-state index in [2.05, 4.69) is 20.1 Å². The summed E-state index contributed by atoms with van der Waals surface area (Å²) in [5, 5.41) is 14.6. The number of carbonyl (C=O) groups excluding carboxylic acids is 1. The molecule has 0 bridgehead atoms. The van der Waals surface area contributed by atoms with E-state index in [4.69, 9.17) is 4.42 Å². The summed E-state index contributed by atoms with van der Waals surface area (Å²) in [5.74, 6) is 2.51. The van der Waals surface area contributed by atoms with Gasteiger partial charge in [0.1, 0.15) is 11.6 Å². The fourth-order valence-electron chi connectivity index (χ4n) is 3.41. The predicted molar refractivity (Wildman–Crippen MR) is 113 cm³/mol. The molecule has 0 atom stereocenters. The van der Waals surface area contributed by atoms with Gasteiger partial charge in [0.15, 0.2) is 5.16 Å². The molecule has 0 radical (unpaired) electrons. The SMILES string of the molecule is O=C(CSc1nnc(C2CC2)n1Cc1ccco1)Nc1cccc2ccccc12. The van der Waals surface area contributed by atoms with Crippen molar-refractivity contribution in [2.75, 3.05) is 11.1 Å². The zero-order chi connectivity index (χ0) is 19.6. The number of rotatable bonds is 7. The summed E-state index contributed by atoms with van der Waals surface area (Å²) in [5.41, 5.74) is 0.824. The Labute approximate surface area is 172 Å². The van der Waals surface area contributed by atoms with Crippen molar-refractivity contribution in [2.24, 2.45) is 0 Å². The van der Waals surface area contributed by atoms with Crippen molar-refractivity contribution in [3.63, 3.8) is 0 Å². The first-order chi connectivity index (χ1) is 14.3. The lowest BCUT2D eigenvalue weighted by atomic mass is 10.1. The Morgan fingerprint density at radius 2 is 1.97 bits per heavy atom. The van der Waals surface area contributed by atoms with Crippen LogP contribution in [0.3, 0.4) is 0 Å². The van der Waals surface area contributed by atoms with E-state index in [1.165, 1.54) is 11.8 Å².